The zero-order chi connectivity index (χ0) is 10.7. The first-order valence-corrected chi connectivity index (χ1v) is 4.90. The van der Waals surface area contributed by atoms with Crippen molar-refractivity contribution in [2.24, 2.45) is 10.7 Å². The van der Waals surface area contributed by atoms with Crippen molar-refractivity contribution in [3.8, 4) is 5.75 Å². The Bertz CT molecular complexity index is 377. The van der Waals surface area contributed by atoms with Crippen molar-refractivity contribution in [2.75, 3.05) is 13.2 Å². The molecule has 80 valence electrons. The van der Waals surface area contributed by atoms with Crippen molar-refractivity contribution in [1.82, 2.24) is 0 Å². The molecular weight excluding hydrogens is 192 g/mol. The first kappa shape index (κ1) is 9.83. The third-order valence-electron chi connectivity index (χ3n) is 2.16. The van der Waals surface area contributed by atoms with Crippen LogP contribution in [0.3, 0.4) is 0 Å². The average molecular weight is 206 g/mol. The van der Waals surface area contributed by atoms with Crippen molar-refractivity contribution in [3.05, 3.63) is 29.8 Å². The summed E-state index contributed by atoms with van der Waals surface area (Å²) in [6, 6.07) is 8.16. The van der Waals surface area contributed by atoms with Crippen LogP contribution in [0.1, 0.15) is 5.56 Å². The lowest BCUT2D eigenvalue weighted by molar-refractivity contribution is 0.141. The molecule has 0 spiro atoms. The molecule has 1 aromatic carbocycles. The molecule has 0 aliphatic carbocycles. The van der Waals surface area contributed by atoms with Gasteiger partial charge in [-0.1, -0.05) is 12.1 Å². The van der Waals surface area contributed by atoms with Crippen molar-refractivity contribution in [1.29, 1.82) is 0 Å². The minimum atomic E-state index is -0.0505. The van der Waals surface area contributed by atoms with Gasteiger partial charge in [0.05, 0.1) is 6.54 Å². The van der Waals surface area contributed by atoms with Crippen LogP contribution < -0.4 is 10.5 Å². The van der Waals surface area contributed by atoms with Crippen molar-refractivity contribution in [2.45, 2.75) is 13.0 Å². The highest BCUT2D eigenvalue weighted by Crippen LogP contribution is 2.13. The number of benzene rings is 1. The molecule has 4 nitrogen and oxygen atoms in total. The lowest BCUT2D eigenvalue weighted by Gasteiger charge is -2.11. The van der Waals surface area contributed by atoms with Gasteiger partial charge in [0.2, 0.25) is 0 Å². The topological polar surface area (TPSA) is 56.8 Å². The van der Waals surface area contributed by atoms with Gasteiger partial charge in [-0.15, -0.1) is 0 Å². The van der Waals surface area contributed by atoms with Gasteiger partial charge < -0.3 is 15.2 Å². The minimum absolute atomic E-state index is 0.0505. The van der Waals surface area contributed by atoms with E-state index in [1.54, 1.807) is 0 Å². The molecule has 1 heterocycles. The summed E-state index contributed by atoms with van der Waals surface area (Å²) >= 11 is 0. The van der Waals surface area contributed by atoms with E-state index in [1.807, 2.05) is 31.2 Å². The Balaban J connectivity index is 1.84. The highest BCUT2D eigenvalue weighted by atomic mass is 16.5. The molecular formula is C11H14N2O2. The Labute approximate surface area is 88.7 Å². The van der Waals surface area contributed by atoms with Gasteiger partial charge in [-0.25, -0.2) is 4.99 Å². The molecule has 2 N–H and O–H groups in total. The maximum Gasteiger partial charge on any atom is 0.282 e. The molecule has 0 saturated carbocycles. The number of ether oxygens (including phenoxy) is 2. The number of amidine groups is 1. The van der Waals surface area contributed by atoms with Gasteiger partial charge in [0.1, 0.15) is 12.4 Å². The predicted octanol–water partition coefficient (Wildman–Crippen LogP) is 1.09. The smallest absolute Gasteiger partial charge is 0.282 e. The third-order valence-corrected chi connectivity index (χ3v) is 2.16. The van der Waals surface area contributed by atoms with Crippen LogP contribution in [0.25, 0.3) is 0 Å². The second kappa shape index (κ2) is 4.21. The molecule has 0 aromatic heterocycles. The molecule has 15 heavy (non-hydrogen) atoms. The molecule has 0 bridgehead atoms. The number of nitrogens with two attached hydrogens (primary N) is 1. The fourth-order valence-corrected chi connectivity index (χ4v) is 1.42. The van der Waals surface area contributed by atoms with Gasteiger partial charge in [0.25, 0.3) is 6.02 Å². The summed E-state index contributed by atoms with van der Waals surface area (Å²) in [5.74, 6) is 0.851. The fourth-order valence-electron chi connectivity index (χ4n) is 1.42. The Hall–Kier alpha value is -1.71. The Morgan fingerprint density at radius 3 is 3.13 bits per heavy atom. The number of rotatable bonds is 3. The Morgan fingerprint density at radius 1 is 1.60 bits per heavy atom. The SMILES string of the molecule is Cc1cccc(OCC2CN=C(N)O2)c1. The molecule has 1 atom stereocenters. The van der Waals surface area contributed by atoms with Gasteiger partial charge in [0, 0.05) is 0 Å². The van der Waals surface area contributed by atoms with Gasteiger partial charge in [-0.3, -0.25) is 0 Å². The molecule has 0 amide bonds. The molecule has 0 radical (unpaired) electrons. The first-order valence-electron chi connectivity index (χ1n) is 4.90. The number of aryl methyl sites for hydroxylation is 1. The highest BCUT2D eigenvalue weighted by Gasteiger charge is 2.17. The van der Waals surface area contributed by atoms with Crippen LogP contribution in [0.15, 0.2) is 29.3 Å². The normalized spacial score (nSPS) is 19.5. The third kappa shape index (κ3) is 2.62. The van der Waals surface area contributed by atoms with Crippen LogP contribution in [0, 0.1) is 6.92 Å². The van der Waals surface area contributed by atoms with E-state index in [-0.39, 0.29) is 12.1 Å². The van der Waals surface area contributed by atoms with Crippen LogP contribution in [0.5, 0.6) is 5.75 Å². The monoisotopic (exact) mass is 206 g/mol. The van der Waals surface area contributed by atoms with E-state index in [0.29, 0.717) is 13.2 Å². The van der Waals surface area contributed by atoms with Crippen LogP contribution in [0.4, 0.5) is 0 Å². The molecule has 4 heteroatoms. The summed E-state index contributed by atoms with van der Waals surface area (Å²) in [6.07, 6.45) is -0.0505. The molecule has 0 fully saturated rings. The standard InChI is InChI=1S/C11H14N2O2/c1-8-3-2-4-9(5-8)14-7-10-6-13-11(12)15-10/h2-5,10H,6-7H2,1H3,(H2,12,13). The second-order valence-corrected chi connectivity index (χ2v) is 3.55. The van der Waals surface area contributed by atoms with Gasteiger partial charge >= 0.3 is 0 Å². The Kier molecular flexibility index (Phi) is 2.76. The number of aliphatic imine (C=N–C) groups is 1. The molecule has 1 unspecified atom stereocenters. The summed E-state index contributed by atoms with van der Waals surface area (Å²) < 4.78 is 10.8. The Morgan fingerprint density at radius 2 is 2.47 bits per heavy atom. The molecule has 1 aliphatic rings. The predicted molar refractivity (Wildman–Crippen MR) is 58.0 cm³/mol. The number of hydrogen-bond donors (Lipinski definition) is 1. The maximum atomic E-state index is 5.57. The number of nitrogens with zero attached hydrogens (tertiary/aromatic N) is 1. The molecule has 2 rings (SSSR count). The summed E-state index contributed by atoms with van der Waals surface area (Å²) in [4.78, 5) is 3.94. The van der Waals surface area contributed by atoms with Crippen molar-refractivity contribution >= 4 is 6.02 Å². The van der Waals surface area contributed by atoms with Crippen LogP contribution in [-0.2, 0) is 4.74 Å². The molecule has 1 aliphatic heterocycles. The van der Waals surface area contributed by atoms with E-state index in [1.165, 1.54) is 5.56 Å². The van der Waals surface area contributed by atoms with Crippen LogP contribution in [0.2, 0.25) is 0 Å². The molecule has 1 aromatic rings. The lowest BCUT2D eigenvalue weighted by Crippen LogP contribution is -2.24. The van der Waals surface area contributed by atoms with E-state index in [9.17, 15) is 0 Å². The van der Waals surface area contributed by atoms with E-state index >= 15 is 0 Å². The molecule has 0 saturated heterocycles. The largest absolute Gasteiger partial charge is 0.490 e. The van der Waals surface area contributed by atoms with E-state index < -0.39 is 0 Å². The van der Waals surface area contributed by atoms with Crippen molar-refractivity contribution < 1.29 is 9.47 Å². The average Bonchev–Trinajstić information content (AvgIpc) is 2.62. The maximum absolute atomic E-state index is 5.57. The highest BCUT2D eigenvalue weighted by molar-refractivity contribution is 5.72. The van der Waals surface area contributed by atoms with E-state index in [4.69, 9.17) is 15.2 Å². The minimum Gasteiger partial charge on any atom is -0.490 e. The van der Waals surface area contributed by atoms with Crippen LogP contribution in [-0.4, -0.2) is 25.3 Å². The number of hydrogen-bond acceptors (Lipinski definition) is 4. The van der Waals surface area contributed by atoms with E-state index in [0.717, 1.165) is 5.75 Å². The van der Waals surface area contributed by atoms with Gasteiger partial charge in [-0.2, -0.15) is 0 Å². The van der Waals surface area contributed by atoms with Crippen LogP contribution >= 0.6 is 0 Å². The van der Waals surface area contributed by atoms with Crippen molar-refractivity contribution in [3.63, 3.8) is 0 Å². The van der Waals surface area contributed by atoms with Gasteiger partial charge in [-0.05, 0) is 24.6 Å². The zero-order valence-electron chi connectivity index (χ0n) is 8.64. The van der Waals surface area contributed by atoms with Gasteiger partial charge in [0.15, 0.2) is 6.10 Å². The quantitative estimate of drug-likeness (QED) is 0.805. The summed E-state index contributed by atoms with van der Waals surface area (Å²) in [5, 5.41) is 0. The van der Waals surface area contributed by atoms with E-state index in [2.05, 4.69) is 4.99 Å². The second-order valence-electron chi connectivity index (χ2n) is 3.55. The lowest BCUT2D eigenvalue weighted by atomic mass is 10.2. The fraction of sp³-hybridized carbons (Fsp3) is 0.364. The summed E-state index contributed by atoms with van der Waals surface area (Å²) in [5.41, 5.74) is 6.57. The first-order chi connectivity index (χ1) is 7.24. The zero-order valence-corrected chi connectivity index (χ0v) is 8.64. The summed E-state index contributed by atoms with van der Waals surface area (Å²) in [6.45, 7) is 3.09. The summed E-state index contributed by atoms with van der Waals surface area (Å²) in [7, 11) is 0.